The van der Waals surface area contributed by atoms with Crippen molar-refractivity contribution in [3.63, 3.8) is 0 Å². The zero-order chi connectivity index (χ0) is 19.7. The summed E-state index contributed by atoms with van der Waals surface area (Å²) in [5, 5.41) is 5.92. The summed E-state index contributed by atoms with van der Waals surface area (Å²) in [6.45, 7) is 1.78. The van der Waals surface area contributed by atoms with E-state index in [1.807, 2.05) is 61.5 Å². The van der Waals surface area contributed by atoms with E-state index < -0.39 is 0 Å². The van der Waals surface area contributed by atoms with Gasteiger partial charge in [-0.1, -0.05) is 42.5 Å². The van der Waals surface area contributed by atoms with Gasteiger partial charge in [0.05, 0.1) is 12.6 Å². The summed E-state index contributed by atoms with van der Waals surface area (Å²) in [7, 11) is 1.56. The van der Waals surface area contributed by atoms with Crippen molar-refractivity contribution in [1.29, 1.82) is 0 Å². The second kappa shape index (κ2) is 7.19. The first-order chi connectivity index (χ1) is 13.6. The molecule has 0 fully saturated rings. The minimum atomic E-state index is -0.270. The van der Waals surface area contributed by atoms with Gasteiger partial charge in [0.2, 0.25) is 5.91 Å². The van der Waals surface area contributed by atoms with Gasteiger partial charge < -0.3 is 10.1 Å². The number of amides is 1. The summed E-state index contributed by atoms with van der Waals surface area (Å²) in [5.74, 6) is 0.297. The van der Waals surface area contributed by atoms with Crippen LogP contribution in [0.3, 0.4) is 0 Å². The number of carbonyl (C=O) groups is 1. The smallest absolute Gasteiger partial charge is 0.251 e. The average Bonchev–Trinajstić information content (AvgIpc) is 2.70. The largest absolute Gasteiger partial charge is 0.495 e. The first kappa shape index (κ1) is 17.8. The highest BCUT2D eigenvalue weighted by Gasteiger charge is 2.14. The second-order valence-electron chi connectivity index (χ2n) is 6.72. The molecule has 3 aromatic carbocycles. The zero-order valence-corrected chi connectivity index (χ0v) is 15.7. The van der Waals surface area contributed by atoms with Gasteiger partial charge in [0.1, 0.15) is 12.3 Å². The summed E-state index contributed by atoms with van der Waals surface area (Å²) < 4.78 is 6.89. The number of para-hydroxylation sites is 1. The Kier molecular flexibility index (Phi) is 4.57. The van der Waals surface area contributed by atoms with Crippen LogP contribution in [0, 0.1) is 6.92 Å². The highest BCUT2D eigenvalue weighted by Crippen LogP contribution is 2.26. The minimum Gasteiger partial charge on any atom is -0.495 e. The Morgan fingerprint density at radius 1 is 1.00 bits per heavy atom. The number of anilines is 1. The van der Waals surface area contributed by atoms with E-state index in [0.29, 0.717) is 17.0 Å². The van der Waals surface area contributed by atoms with E-state index in [1.54, 1.807) is 19.2 Å². The lowest BCUT2D eigenvalue weighted by Crippen LogP contribution is -2.28. The van der Waals surface area contributed by atoms with Crippen molar-refractivity contribution in [3.8, 4) is 5.75 Å². The predicted octanol–water partition coefficient (Wildman–Crippen LogP) is 4.11. The van der Waals surface area contributed by atoms with E-state index in [2.05, 4.69) is 5.32 Å². The summed E-state index contributed by atoms with van der Waals surface area (Å²) in [4.78, 5) is 25.3. The van der Waals surface area contributed by atoms with Gasteiger partial charge >= 0.3 is 0 Å². The van der Waals surface area contributed by atoms with Gasteiger partial charge in [-0.15, -0.1) is 0 Å². The monoisotopic (exact) mass is 372 g/mol. The standard InChI is InChI=1S/C23H20N2O3/c1-15-12-22(27)25(23-19(15)8-5-9-20(23)28-2)14-21(26)24-18-11-10-16-6-3-4-7-17(16)13-18/h3-13H,14H2,1-2H3,(H,24,26). The number of benzene rings is 3. The molecule has 1 N–H and O–H groups in total. The number of hydrogen-bond acceptors (Lipinski definition) is 3. The molecule has 5 heteroatoms. The molecule has 1 heterocycles. The Bertz CT molecular complexity index is 1260. The van der Waals surface area contributed by atoms with Crippen molar-refractivity contribution in [3.05, 3.63) is 82.6 Å². The van der Waals surface area contributed by atoms with Crippen LogP contribution in [0.5, 0.6) is 5.75 Å². The number of ether oxygens (including phenoxy) is 1. The van der Waals surface area contributed by atoms with Gasteiger partial charge in [0.15, 0.2) is 0 Å². The van der Waals surface area contributed by atoms with Crippen LogP contribution in [0.15, 0.2) is 71.5 Å². The van der Waals surface area contributed by atoms with E-state index in [-0.39, 0.29) is 18.0 Å². The van der Waals surface area contributed by atoms with Crippen molar-refractivity contribution in [2.45, 2.75) is 13.5 Å². The molecule has 0 bridgehead atoms. The molecular weight excluding hydrogens is 352 g/mol. The SMILES string of the molecule is COc1cccc2c(C)cc(=O)n(CC(=O)Nc3ccc4ccccc4c3)c12. The molecular formula is C23H20N2O3. The molecule has 28 heavy (non-hydrogen) atoms. The molecule has 1 aromatic heterocycles. The van der Waals surface area contributed by atoms with E-state index in [4.69, 9.17) is 4.74 Å². The third kappa shape index (κ3) is 3.22. The highest BCUT2D eigenvalue weighted by atomic mass is 16.5. The molecule has 0 saturated heterocycles. The number of aromatic nitrogens is 1. The van der Waals surface area contributed by atoms with Crippen LogP contribution in [-0.4, -0.2) is 17.6 Å². The van der Waals surface area contributed by atoms with Crippen LogP contribution < -0.4 is 15.6 Å². The lowest BCUT2D eigenvalue weighted by Gasteiger charge is -2.15. The van der Waals surface area contributed by atoms with Crippen LogP contribution in [0.2, 0.25) is 0 Å². The third-order valence-corrected chi connectivity index (χ3v) is 4.85. The molecule has 0 aliphatic rings. The quantitative estimate of drug-likeness (QED) is 0.586. The molecule has 1 amide bonds. The van der Waals surface area contributed by atoms with Gasteiger partial charge in [-0.25, -0.2) is 0 Å². The van der Waals surface area contributed by atoms with E-state index in [1.165, 1.54) is 4.57 Å². The van der Waals surface area contributed by atoms with Gasteiger partial charge in [-0.2, -0.15) is 0 Å². The average molecular weight is 372 g/mol. The molecule has 0 spiro atoms. The molecule has 0 saturated carbocycles. The van der Waals surface area contributed by atoms with E-state index in [0.717, 1.165) is 21.7 Å². The molecule has 0 unspecified atom stereocenters. The zero-order valence-electron chi connectivity index (χ0n) is 15.7. The number of pyridine rings is 1. The number of carbonyl (C=O) groups excluding carboxylic acids is 1. The fourth-order valence-corrected chi connectivity index (χ4v) is 3.50. The van der Waals surface area contributed by atoms with Crippen molar-refractivity contribution in [2.24, 2.45) is 0 Å². The molecule has 0 aliphatic heterocycles. The van der Waals surface area contributed by atoms with Crippen LogP contribution in [0.25, 0.3) is 21.7 Å². The van der Waals surface area contributed by atoms with Crippen molar-refractivity contribution < 1.29 is 9.53 Å². The Labute approximate surface area is 162 Å². The highest BCUT2D eigenvalue weighted by molar-refractivity contribution is 5.95. The van der Waals surface area contributed by atoms with Gasteiger partial charge in [-0.05, 0) is 41.5 Å². The van der Waals surface area contributed by atoms with Crippen LogP contribution >= 0.6 is 0 Å². The molecule has 5 nitrogen and oxygen atoms in total. The first-order valence-electron chi connectivity index (χ1n) is 9.02. The molecule has 0 radical (unpaired) electrons. The number of nitrogens with zero attached hydrogens (tertiary/aromatic N) is 1. The third-order valence-electron chi connectivity index (χ3n) is 4.85. The lowest BCUT2D eigenvalue weighted by molar-refractivity contribution is -0.116. The molecule has 0 atom stereocenters. The Morgan fingerprint density at radius 3 is 2.57 bits per heavy atom. The number of nitrogens with one attached hydrogen (secondary N) is 1. The van der Waals surface area contributed by atoms with Crippen molar-refractivity contribution in [2.75, 3.05) is 12.4 Å². The van der Waals surface area contributed by atoms with Gasteiger partial charge in [0, 0.05) is 17.1 Å². The second-order valence-corrected chi connectivity index (χ2v) is 6.72. The number of aryl methyl sites for hydroxylation is 1. The Hall–Kier alpha value is -3.60. The topological polar surface area (TPSA) is 60.3 Å². The molecule has 140 valence electrons. The predicted molar refractivity (Wildman–Crippen MR) is 112 cm³/mol. The lowest BCUT2D eigenvalue weighted by atomic mass is 10.1. The van der Waals surface area contributed by atoms with Gasteiger partial charge in [-0.3, -0.25) is 14.2 Å². The summed E-state index contributed by atoms with van der Waals surface area (Å²) in [6, 6.07) is 20.8. The summed E-state index contributed by atoms with van der Waals surface area (Å²) in [6.07, 6.45) is 0. The number of fused-ring (bicyclic) bond motifs is 2. The van der Waals surface area contributed by atoms with E-state index in [9.17, 15) is 9.59 Å². The molecule has 4 rings (SSSR count). The van der Waals surface area contributed by atoms with Gasteiger partial charge in [0.25, 0.3) is 5.56 Å². The van der Waals surface area contributed by atoms with Crippen LogP contribution in [-0.2, 0) is 11.3 Å². The maximum atomic E-state index is 12.7. The summed E-state index contributed by atoms with van der Waals surface area (Å²) in [5.41, 5.74) is 1.94. The van der Waals surface area contributed by atoms with Crippen LogP contribution in [0.4, 0.5) is 5.69 Å². The van der Waals surface area contributed by atoms with Crippen molar-refractivity contribution >= 4 is 33.3 Å². The van der Waals surface area contributed by atoms with Crippen LogP contribution in [0.1, 0.15) is 5.56 Å². The minimum absolute atomic E-state index is 0.0944. The number of rotatable bonds is 4. The maximum Gasteiger partial charge on any atom is 0.251 e. The number of methoxy groups -OCH3 is 1. The summed E-state index contributed by atoms with van der Waals surface area (Å²) >= 11 is 0. The van der Waals surface area contributed by atoms with E-state index >= 15 is 0 Å². The Morgan fingerprint density at radius 2 is 1.79 bits per heavy atom. The normalized spacial score (nSPS) is 10.9. The fourth-order valence-electron chi connectivity index (χ4n) is 3.50. The Balaban J connectivity index is 1.69. The van der Waals surface area contributed by atoms with Crippen molar-refractivity contribution in [1.82, 2.24) is 4.57 Å². The number of hydrogen-bond donors (Lipinski definition) is 1. The fraction of sp³-hybridized carbons (Fsp3) is 0.130. The molecule has 0 aliphatic carbocycles. The molecule has 4 aromatic rings. The first-order valence-corrected chi connectivity index (χ1v) is 9.02. The maximum absolute atomic E-state index is 12.7.